The summed E-state index contributed by atoms with van der Waals surface area (Å²) in [7, 11) is 0. The van der Waals surface area contributed by atoms with E-state index < -0.39 is 0 Å². The molecule has 0 saturated heterocycles. The van der Waals surface area contributed by atoms with Crippen LogP contribution in [0, 0.1) is 5.92 Å². The van der Waals surface area contributed by atoms with Gasteiger partial charge in [0.15, 0.2) is 0 Å². The fourth-order valence-corrected chi connectivity index (χ4v) is 2.97. The van der Waals surface area contributed by atoms with Gasteiger partial charge in [-0.15, -0.1) is 23.1 Å². The molecule has 1 aromatic rings. The van der Waals surface area contributed by atoms with Gasteiger partial charge >= 0.3 is 0 Å². The molecule has 2 nitrogen and oxygen atoms in total. The number of nitrogen functional groups attached to an aromatic ring is 1. The monoisotopic (exact) mass is 213 g/mol. The summed E-state index contributed by atoms with van der Waals surface area (Å²) >= 11 is 3.16. The van der Waals surface area contributed by atoms with Gasteiger partial charge in [-0.2, -0.15) is 0 Å². The standard InChI is InChI=1S/C9H11NOS2/c10-8-3-4-9(13-8)12-5-7(11)6-1-2-6/h3-4,6H,1-2,5,10H2. The molecule has 0 unspecified atom stereocenters. The zero-order valence-electron chi connectivity index (χ0n) is 7.16. The Morgan fingerprint density at radius 1 is 1.62 bits per heavy atom. The van der Waals surface area contributed by atoms with Gasteiger partial charge in [0.2, 0.25) is 0 Å². The maximum atomic E-state index is 11.3. The van der Waals surface area contributed by atoms with Crippen LogP contribution in [-0.2, 0) is 4.79 Å². The van der Waals surface area contributed by atoms with Gasteiger partial charge in [-0.05, 0) is 25.0 Å². The number of hydrogen-bond acceptors (Lipinski definition) is 4. The molecule has 1 aliphatic rings. The lowest BCUT2D eigenvalue weighted by Gasteiger charge is -1.95. The Hall–Kier alpha value is -0.480. The predicted octanol–water partition coefficient (Wildman–Crippen LogP) is 2.40. The molecule has 0 spiro atoms. The number of carbonyl (C=O) groups is 1. The predicted molar refractivity (Wildman–Crippen MR) is 57.2 cm³/mol. The van der Waals surface area contributed by atoms with Gasteiger partial charge in [-0.3, -0.25) is 4.79 Å². The normalized spacial score (nSPS) is 16.0. The molecule has 2 rings (SSSR count). The average Bonchev–Trinajstić information content (AvgIpc) is 2.87. The van der Waals surface area contributed by atoms with Crippen LogP contribution in [-0.4, -0.2) is 11.5 Å². The van der Waals surface area contributed by atoms with Crippen molar-refractivity contribution in [2.45, 2.75) is 17.1 Å². The molecule has 1 aromatic heterocycles. The molecule has 0 aromatic carbocycles. The SMILES string of the molecule is Nc1ccc(SCC(=O)C2CC2)s1. The first-order valence-electron chi connectivity index (χ1n) is 4.26. The van der Waals surface area contributed by atoms with Crippen molar-refractivity contribution in [3.05, 3.63) is 12.1 Å². The Bertz CT molecular complexity index is 317. The van der Waals surface area contributed by atoms with Crippen molar-refractivity contribution in [1.29, 1.82) is 0 Å². The van der Waals surface area contributed by atoms with E-state index in [2.05, 4.69) is 0 Å². The zero-order valence-corrected chi connectivity index (χ0v) is 8.79. The number of thioether (sulfide) groups is 1. The lowest BCUT2D eigenvalue weighted by molar-refractivity contribution is -0.117. The molecule has 70 valence electrons. The van der Waals surface area contributed by atoms with E-state index >= 15 is 0 Å². The molecule has 1 heterocycles. The Morgan fingerprint density at radius 3 is 2.92 bits per heavy atom. The third kappa shape index (κ3) is 2.48. The quantitative estimate of drug-likeness (QED) is 0.781. The molecule has 1 saturated carbocycles. The minimum Gasteiger partial charge on any atom is -0.391 e. The van der Waals surface area contributed by atoms with Crippen molar-refractivity contribution in [1.82, 2.24) is 0 Å². The second-order valence-corrected chi connectivity index (χ2v) is 5.58. The number of nitrogens with two attached hydrogens (primary N) is 1. The smallest absolute Gasteiger partial charge is 0.146 e. The second-order valence-electron chi connectivity index (χ2n) is 3.19. The Labute approximate surface area is 85.5 Å². The molecule has 13 heavy (non-hydrogen) atoms. The van der Waals surface area contributed by atoms with E-state index in [0.29, 0.717) is 17.5 Å². The van der Waals surface area contributed by atoms with Gasteiger partial charge in [0.25, 0.3) is 0 Å². The van der Waals surface area contributed by atoms with Crippen molar-refractivity contribution in [2.24, 2.45) is 5.92 Å². The lowest BCUT2D eigenvalue weighted by Crippen LogP contribution is -2.02. The highest BCUT2D eigenvalue weighted by molar-refractivity contribution is 8.01. The van der Waals surface area contributed by atoms with Crippen molar-refractivity contribution < 1.29 is 4.79 Å². The number of rotatable bonds is 4. The summed E-state index contributed by atoms with van der Waals surface area (Å²) in [6.45, 7) is 0. The molecule has 0 atom stereocenters. The van der Waals surface area contributed by atoms with Crippen molar-refractivity contribution in [2.75, 3.05) is 11.5 Å². The number of carbonyl (C=O) groups excluding carboxylic acids is 1. The molecule has 4 heteroatoms. The summed E-state index contributed by atoms with van der Waals surface area (Å²) in [5, 5.41) is 0.821. The van der Waals surface area contributed by atoms with E-state index in [4.69, 9.17) is 5.73 Å². The van der Waals surface area contributed by atoms with E-state index in [-0.39, 0.29) is 0 Å². The zero-order chi connectivity index (χ0) is 9.26. The first-order valence-corrected chi connectivity index (χ1v) is 6.07. The summed E-state index contributed by atoms with van der Waals surface area (Å²) in [5.41, 5.74) is 5.58. The van der Waals surface area contributed by atoms with Gasteiger partial charge < -0.3 is 5.73 Å². The van der Waals surface area contributed by atoms with Crippen LogP contribution in [0.1, 0.15) is 12.8 Å². The lowest BCUT2D eigenvalue weighted by atomic mass is 10.3. The molecule has 0 radical (unpaired) electrons. The Morgan fingerprint density at radius 2 is 2.38 bits per heavy atom. The molecular formula is C9H11NOS2. The first-order chi connectivity index (χ1) is 6.25. The van der Waals surface area contributed by atoms with Gasteiger partial charge in [0.1, 0.15) is 5.78 Å². The van der Waals surface area contributed by atoms with E-state index in [1.54, 1.807) is 23.1 Å². The summed E-state index contributed by atoms with van der Waals surface area (Å²) in [4.78, 5) is 11.3. The van der Waals surface area contributed by atoms with Crippen LogP contribution < -0.4 is 5.73 Å². The number of ketones is 1. The van der Waals surface area contributed by atoms with Crippen LogP contribution in [0.15, 0.2) is 16.3 Å². The van der Waals surface area contributed by atoms with Crippen LogP contribution >= 0.6 is 23.1 Å². The largest absolute Gasteiger partial charge is 0.391 e. The highest BCUT2D eigenvalue weighted by Crippen LogP contribution is 2.34. The van der Waals surface area contributed by atoms with Crippen LogP contribution in [0.4, 0.5) is 5.00 Å². The highest BCUT2D eigenvalue weighted by Gasteiger charge is 2.28. The first kappa shape index (κ1) is 9.09. The van der Waals surface area contributed by atoms with E-state index in [9.17, 15) is 4.79 Å². The van der Waals surface area contributed by atoms with Gasteiger partial charge in [-0.25, -0.2) is 0 Å². The fourth-order valence-electron chi connectivity index (χ4n) is 1.08. The molecule has 0 amide bonds. The minimum absolute atomic E-state index is 0.379. The van der Waals surface area contributed by atoms with Crippen LogP contribution in [0.5, 0.6) is 0 Å². The van der Waals surface area contributed by atoms with Crippen molar-refractivity contribution in [3.63, 3.8) is 0 Å². The van der Waals surface area contributed by atoms with Crippen molar-refractivity contribution >= 4 is 33.9 Å². The number of hydrogen-bond donors (Lipinski definition) is 1. The molecule has 2 N–H and O–H groups in total. The maximum Gasteiger partial charge on any atom is 0.146 e. The number of thiophene rings is 1. The maximum absolute atomic E-state index is 11.3. The summed E-state index contributed by atoms with van der Waals surface area (Å²) < 4.78 is 1.14. The van der Waals surface area contributed by atoms with Crippen LogP contribution in [0.3, 0.4) is 0 Å². The topological polar surface area (TPSA) is 43.1 Å². The third-order valence-electron chi connectivity index (χ3n) is 1.99. The summed E-state index contributed by atoms with van der Waals surface area (Å²) in [6, 6.07) is 3.86. The third-order valence-corrected chi connectivity index (χ3v) is 4.15. The fraction of sp³-hybridized carbons (Fsp3) is 0.444. The summed E-state index contributed by atoms with van der Waals surface area (Å²) in [5.74, 6) is 1.40. The molecule has 1 aliphatic carbocycles. The van der Waals surface area contributed by atoms with E-state index in [1.165, 1.54) is 0 Å². The van der Waals surface area contributed by atoms with Crippen LogP contribution in [0.2, 0.25) is 0 Å². The summed E-state index contributed by atoms with van der Waals surface area (Å²) in [6.07, 6.45) is 2.21. The van der Waals surface area contributed by atoms with Gasteiger partial charge in [-0.1, -0.05) is 0 Å². The second kappa shape index (κ2) is 3.72. The molecule has 1 fully saturated rings. The van der Waals surface area contributed by atoms with E-state index in [0.717, 1.165) is 22.1 Å². The van der Waals surface area contributed by atoms with Gasteiger partial charge in [0, 0.05) is 5.92 Å². The number of Topliss-reactive ketones (excluding diaryl/α,β-unsaturated/α-hetero) is 1. The Kier molecular flexibility index (Phi) is 2.60. The molecule has 0 aliphatic heterocycles. The molecular weight excluding hydrogens is 202 g/mol. The average molecular weight is 213 g/mol. The minimum atomic E-state index is 0.379. The van der Waals surface area contributed by atoms with Crippen molar-refractivity contribution in [3.8, 4) is 0 Å². The Balaban J connectivity index is 1.81. The molecule has 0 bridgehead atoms. The highest BCUT2D eigenvalue weighted by atomic mass is 32.2. The number of anilines is 1. The van der Waals surface area contributed by atoms with E-state index in [1.807, 2.05) is 12.1 Å². The van der Waals surface area contributed by atoms with Gasteiger partial charge in [0.05, 0.1) is 15.0 Å². The van der Waals surface area contributed by atoms with Crippen LogP contribution in [0.25, 0.3) is 0 Å².